The molecule has 1 heterocycles. The molecule has 32 heavy (non-hydrogen) atoms. The summed E-state index contributed by atoms with van der Waals surface area (Å²) in [6.45, 7) is 6.80. The largest absolute Gasteiger partial charge is 0.359 e. The summed E-state index contributed by atoms with van der Waals surface area (Å²) in [6, 6.07) is 9.60. The number of likely N-dealkylation sites (N-methyl/N-ethyl adjacent to an activating group) is 1. The molecule has 2 aromatic rings. The van der Waals surface area contributed by atoms with E-state index in [0.29, 0.717) is 37.1 Å². The molecule has 0 spiro atoms. The fourth-order valence-electron chi connectivity index (χ4n) is 3.21. The molecular weight excluding hydrogens is 519 g/mol. The molecule has 1 aromatic carbocycles. The third-order valence-corrected chi connectivity index (χ3v) is 5.13. The molecule has 8 nitrogen and oxygen atoms in total. The monoisotopic (exact) mass is 556 g/mol. The van der Waals surface area contributed by atoms with Crippen LogP contribution < -0.4 is 16.0 Å². The number of hydrogen-bond acceptors (Lipinski definition) is 5. The summed E-state index contributed by atoms with van der Waals surface area (Å²) >= 11 is 0. The number of aromatic nitrogens is 1. The highest BCUT2D eigenvalue weighted by Gasteiger charge is 2.13. The Labute approximate surface area is 208 Å². The fourth-order valence-corrected chi connectivity index (χ4v) is 3.21. The molecule has 0 saturated heterocycles. The van der Waals surface area contributed by atoms with Gasteiger partial charge >= 0.3 is 0 Å². The first kappa shape index (κ1) is 27.9. The normalized spacial score (nSPS) is 11.4. The second-order valence-electron chi connectivity index (χ2n) is 7.77. The summed E-state index contributed by atoms with van der Waals surface area (Å²) in [6.07, 6.45) is 2.09. The highest BCUT2D eigenvalue weighted by molar-refractivity contribution is 14.0. The second kappa shape index (κ2) is 14.8. The van der Waals surface area contributed by atoms with Crippen LogP contribution in [0.15, 0.2) is 39.8 Å². The SMILES string of the molecule is CCC(CC)c1cc(CNC(=NC)NCc2cccc(C(=O)NCCN(C)C)c2)on1.I. The topological polar surface area (TPSA) is 94.8 Å². The zero-order valence-electron chi connectivity index (χ0n) is 19.8. The van der Waals surface area contributed by atoms with E-state index in [0.717, 1.165) is 36.4 Å². The number of nitrogens with zero attached hydrogens (tertiary/aromatic N) is 3. The molecule has 0 aliphatic heterocycles. The van der Waals surface area contributed by atoms with E-state index in [-0.39, 0.29) is 29.9 Å². The molecule has 0 fully saturated rings. The maximum absolute atomic E-state index is 12.3. The Hall–Kier alpha value is -2.14. The van der Waals surface area contributed by atoms with Gasteiger partial charge in [-0.25, -0.2) is 0 Å². The fraction of sp³-hybridized carbons (Fsp3) is 0.522. The molecule has 0 unspecified atom stereocenters. The number of hydrogen-bond donors (Lipinski definition) is 3. The van der Waals surface area contributed by atoms with Crippen LogP contribution in [0.3, 0.4) is 0 Å². The number of amides is 1. The van der Waals surface area contributed by atoms with Crippen LogP contribution in [0.25, 0.3) is 0 Å². The standard InChI is InChI=1S/C23H36N6O2.HI/c1-6-18(7-2)21-14-20(31-28-21)16-27-23(24-3)26-15-17-9-8-10-19(13-17)22(30)25-11-12-29(4)5;/h8-10,13-14,18H,6-7,11-12,15-16H2,1-5H3,(H,25,30)(H2,24,26,27);1H. The Balaban J connectivity index is 0.00000512. The maximum Gasteiger partial charge on any atom is 0.251 e. The number of nitrogens with one attached hydrogen (secondary N) is 3. The molecule has 0 saturated carbocycles. The van der Waals surface area contributed by atoms with Crippen molar-refractivity contribution in [2.24, 2.45) is 4.99 Å². The Morgan fingerprint density at radius 1 is 1.12 bits per heavy atom. The number of halogens is 1. The van der Waals surface area contributed by atoms with E-state index >= 15 is 0 Å². The predicted molar refractivity (Wildman–Crippen MR) is 140 cm³/mol. The quantitative estimate of drug-likeness (QED) is 0.223. The van der Waals surface area contributed by atoms with Crippen LogP contribution in [0, 0.1) is 0 Å². The van der Waals surface area contributed by atoms with Gasteiger partial charge < -0.3 is 25.4 Å². The number of carbonyl (C=O) groups is 1. The minimum atomic E-state index is -0.0650. The van der Waals surface area contributed by atoms with Gasteiger partial charge in [-0.3, -0.25) is 9.79 Å². The minimum absolute atomic E-state index is 0. The van der Waals surface area contributed by atoms with Gasteiger partial charge in [-0.1, -0.05) is 31.1 Å². The van der Waals surface area contributed by atoms with Crippen molar-refractivity contribution in [3.8, 4) is 0 Å². The second-order valence-corrected chi connectivity index (χ2v) is 7.77. The zero-order chi connectivity index (χ0) is 22.6. The van der Waals surface area contributed by atoms with Gasteiger partial charge in [-0.2, -0.15) is 0 Å². The van der Waals surface area contributed by atoms with Crippen molar-refractivity contribution in [1.82, 2.24) is 26.0 Å². The first-order chi connectivity index (χ1) is 15.0. The van der Waals surface area contributed by atoms with E-state index in [9.17, 15) is 4.79 Å². The summed E-state index contributed by atoms with van der Waals surface area (Å²) in [7, 11) is 5.68. The van der Waals surface area contributed by atoms with E-state index in [1.807, 2.05) is 49.3 Å². The Morgan fingerprint density at radius 2 is 1.84 bits per heavy atom. The first-order valence-electron chi connectivity index (χ1n) is 10.9. The van der Waals surface area contributed by atoms with Gasteiger partial charge in [-0.05, 0) is 44.6 Å². The molecule has 2 rings (SSSR count). The lowest BCUT2D eigenvalue weighted by Gasteiger charge is -2.12. The molecule has 3 N–H and O–H groups in total. The smallest absolute Gasteiger partial charge is 0.251 e. The lowest BCUT2D eigenvalue weighted by Crippen LogP contribution is -2.36. The van der Waals surface area contributed by atoms with Gasteiger partial charge in [-0.15, -0.1) is 24.0 Å². The van der Waals surface area contributed by atoms with Crippen molar-refractivity contribution in [3.05, 3.63) is 52.9 Å². The number of aliphatic imine (C=N–C) groups is 1. The summed E-state index contributed by atoms with van der Waals surface area (Å²) in [5.41, 5.74) is 2.65. The van der Waals surface area contributed by atoms with Crippen molar-refractivity contribution in [2.45, 2.75) is 45.7 Å². The van der Waals surface area contributed by atoms with Crippen LogP contribution in [0.5, 0.6) is 0 Å². The van der Waals surface area contributed by atoms with Gasteiger partial charge in [0.25, 0.3) is 5.91 Å². The molecule has 0 aliphatic rings. The first-order valence-corrected chi connectivity index (χ1v) is 10.9. The highest BCUT2D eigenvalue weighted by Crippen LogP contribution is 2.22. The minimum Gasteiger partial charge on any atom is -0.359 e. The Kier molecular flexibility index (Phi) is 12.9. The van der Waals surface area contributed by atoms with Crippen LogP contribution in [0.2, 0.25) is 0 Å². The lowest BCUT2D eigenvalue weighted by molar-refractivity contribution is 0.0951. The van der Waals surface area contributed by atoms with E-state index in [4.69, 9.17) is 4.52 Å². The summed E-state index contributed by atoms with van der Waals surface area (Å²) in [5, 5.41) is 13.6. The van der Waals surface area contributed by atoms with Crippen molar-refractivity contribution in [2.75, 3.05) is 34.2 Å². The zero-order valence-corrected chi connectivity index (χ0v) is 22.1. The molecule has 0 bridgehead atoms. The molecule has 178 valence electrons. The molecule has 1 aromatic heterocycles. The van der Waals surface area contributed by atoms with Crippen molar-refractivity contribution >= 4 is 35.8 Å². The van der Waals surface area contributed by atoms with Crippen molar-refractivity contribution in [3.63, 3.8) is 0 Å². The van der Waals surface area contributed by atoms with Gasteiger partial charge in [0.1, 0.15) is 0 Å². The maximum atomic E-state index is 12.3. The average molecular weight is 556 g/mol. The number of rotatable bonds is 11. The average Bonchev–Trinajstić information content (AvgIpc) is 3.23. The Bertz CT molecular complexity index is 849. The van der Waals surface area contributed by atoms with E-state index in [1.165, 1.54) is 0 Å². The number of benzene rings is 1. The summed E-state index contributed by atoms with van der Waals surface area (Å²) < 4.78 is 5.45. The Morgan fingerprint density at radius 3 is 2.50 bits per heavy atom. The lowest BCUT2D eigenvalue weighted by atomic mass is 9.99. The van der Waals surface area contributed by atoms with E-state index in [1.54, 1.807) is 7.05 Å². The van der Waals surface area contributed by atoms with Crippen molar-refractivity contribution in [1.29, 1.82) is 0 Å². The van der Waals surface area contributed by atoms with Crippen LogP contribution in [0.4, 0.5) is 0 Å². The number of carbonyl (C=O) groups excluding carboxylic acids is 1. The molecule has 9 heteroatoms. The molecule has 1 amide bonds. The van der Waals surface area contributed by atoms with Crippen LogP contribution in [-0.4, -0.2) is 56.2 Å². The van der Waals surface area contributed by atoms with E-state index in [2.05, 4.69) is 39.9 Å². The van der Waals surface area contributed by atoms with Crippen LogP contribution >= 0.6 is 24.0 Å². The van der Waals surface area contributed by atoms with E-state index < -0.39 is 0 Å². The predicted octanol–water partition coefficient (Wildman–Crippen LogP) is 3.35. The summed E-state index contributed by atoms with van der Waals surface area (Å²) in [4.78, 5) is 18.6. The third kappa shape index (κ3) is 9.15. The van der Waals surface area contributed by atoms with Crippen LogP contribution in [-0.2, 0) is 13.1 Å². The summed E-state index contributed by atoms with van der Waals surface area (Å²) in [5.74, 6) is 1.80. The molecule has 0 atom stereocenters. The van der Waals surface area contributed by atoms with Gasteiger partial charge in [0.15, 0.2) is 11.7 Å². The van der Waals surface area contributed by atoms with Gasteiger partial charge in [0.05, 0.1) is 12.2 Å². The molecule has 0 aliphatic carbocycles. The van der Waals surface area contributed by atoms with Gasteiger partial charge in [0.2, 0.25) is 0 Å². The van der Waals surface area contributed by atoms with Crippen LogP contribution in [0.1, 0.15) is 60.0 Å². The molecular formula is C23H37IN6O2. The number of guanidine groups is 1. The molecule has 0 radical (unpaired) electrons. The highest BCUT2D eigenvalue weighted by atomic mass is 127. The third-order valence-electron chi connectivity index (χ3n) is 5.13. The van der Waals surface area contributed by atoms with Crippen molar-refractivity contribution < 1.29 is 9.32 Å². The van der Waals surface area contributed by atoms with Gasteiger partial charge in [0, 0.05) is 44.2 Å².